The molecule has 6 heteroatoms. The lowest BCUT2D eigenvalue weighted by Crippen LogP contribution is -2.46. The Morgan fingerprint density at radius 3 is 2.19 bits per heavy atom. The number of carbonyl (C=O) groups is 1. The minimum atomic E-state index is -0.281. The summed E-state index contributed by atoms with van der Waals surface area (Å²) in [4.78, 5) is 20.2. The van der Waals surface area contributed by atoms with Crippen LogP contribution in [0.2, 0.25) is 0 Å². The van der Waals surface area contributed by atoms with Crippen molar-refractivity contribution in [3.05, 3.63) is 35.9 Å². The maximum absolute atomic E-state index is 13.3. The van der Waals surface area contributed by atoms with Gasteiger partial charge in [-0.2, -0.15) is 0 Å². The molecule has 1 heterocycles. The van der Waals surface area contributed by atoms with Crippen LogP contribution in [0.5, 0.6) is 0 Å². The predicted octanol–water partition coefficient (Wildman–Crippen LogP) is 2.90. The zero-order valence-electron chi connectivity index (χ0n) is 16.2. The Morgan fingerprint density at radius 2 is 1.65 bits per heavy atom. The van der Waals surface area contributed by atoms with Crippen molar-refractivity contribution >= 4 is 30.7 Å². The molecule has 0 N–H and O–H groups in total. The molecule has 0 radical (unpaired) electrons. The maximum atomic E-state index is 13.3. The molecule has 4 nitrogen and oxygen atoms in total. The average molecular weight is 402 g/mol. The Hall–Kier alpha value is -0.810. The fourth-order valence-electron chi connectivity index (χ4n) is 4.16. The summed E-state index contributed by atoms with van der Waals surface area (Å²) < 4.78 is 0. The van der Waals surface area contributed by atoms with E-state index in [1.54, 1.807) is 0 Å². The standard InChI is InChI=1S/C20H31N3O.2ClH/c1-4-23(5-2)19(24)20(17-9-7-6-8-10-17)15-18(20)16-22-13-11-21(3)12-14-22;;/h6-10,18H,4-5,11-16H2,1-3H3;2*1H. The van der Waals surface area contributed by atoms with E-state index in [-0.39, 0.29) is 30.2 Å². The minimum absolute atomic E-state index is 0. The van der Waals surface area contributed by atoms with E-state index in [2.05, 4.69) is 55.0 Å². The van der Waals surface area contributed by atoms with Gasteiger partial charge in [0.2, 0.25) is 5.91 Å². The predicted molar refractivity (Wildman–Crippen MR) is 113 cm³/mol. The Labute approximate surface area is 170 Å². The molecular weight excluding hydrogens is 369 g/mol. The van der Waals surface area contributed by atoms with Gasteiger partial charge in [-0.3, -0.25) is 4.79 Å². The first kappa shape index (κ1) is 23.2. The molecular formula is C20H33Cl2N3O. The first-order chi connectivity index (χ1) is 11.6. The normalized spacial score (nSPS) is 25.7. The highest BCUT2D eigenvalue weighted by atomic mass is 35.5. The number of halogens is 2. The molecule has 0 spiro atoms. The van der Waals surface area contributed by atoms with Gasteiger partial charge in [0.1, 0.15) is 0 Å². The van der Waals surface area contributed by atoms with Crippen LogP contribution in [-0.2, 0) is 10.2 Å². The van der Waals surface area contributed by atoms with Gasteiger partial charge in [-0.05, 0) is 38.8 Å². The molecule has 1 aliphatic carbocycles. The van der Waals surface area contributed by atoms with Crippen molar-refractivity contribution in [1.82, 2.24) is 14.7 Å². The summed E-state index contributed by atoms with van der Waals surface area (Å²) in [7, 11) is 2.19. The molecule has 2 unspecified atom stereocenters. The number of piperazine rings is 1. The first-order valence-corrected chi connectivity index (χ1v) is 9.37. The Kier molecular flexibility index (Phi) is 8.87. The first-order valence-electron chi connectivity index (χ1n) is 9.37. The van der Waals surface area contributed by atoms with E-state index in [0.29, 0.717) is 11.8 Å². The van der Waals surface area contributed by atoms with Gasteiger partial charge in [0.05, 0.1) is 5.41 Å². The summed E-state index contributed by atoms with van der Waals surface area (Å²) in [5.74, 6) is 0.786. The van der Waals surface area contributed by atoms with Gasteiger partial charge in [0, 0.05) is 45.8 Å². The minimum Gasteiger partial charge on any atom is -0.342 e. The molecule has 1 saturated carbocycles. The van der Waals surface area contributed by atoms with Crippen LogP contribution in [-0.4, -0.2) is 73.5 Å². The molecule has 1 aliphatic heterocycles. The number of carbonyl (C=O) groups excluding carboxylic acids is 1. The zero-order chi connectivity index (χ0) is 17.2. The molecule has 3 rings (SSSR count). The number of amides is 1. The summed E-state index contributed by atoms with van der Waals surface area (Å²) in [6, 6.07) is 10.5. The van der Waals surface area contributed by atoms with Gasteiger partial charge in [-0.25, -0.2) is 0 Å². The number of benzene rings is 1. The van der Waals surface area contributed by atoms with E-state index >= 15 is 0 Å². The number of hydrogen-bond donors (Lipinski definition) is 0. The smallest absolute Gasteiger partial charge is 0.233 e. The van der Waals surface area contributed by atoms with Gasteiger partial charge < -0.3 is 14.7 Å². The number of rotatable bonds is 6. The molecule has 148 valence electrons. The van der Waals surface area contributed by atoms with E-state index in [1.807, 2.05) is 11.0 Å². The zero-order valence-corrected chi connectivity index (χ0v) is 17.8. The molecule has 1 saturated heterocycles. The molecule has 1 aromatic rings. The van der Waals surface area contributed by atoms with Crippen molar-refractivity contribution in [2.24, 2.45) is 5.92 Å². The van der Waals surface area contributed by atoms with Crippen molar-refractivity contribution < 1.29 is 4.79 Å². The van der Waals surface area contributed by atoms with Gasteiger partial charge in [-0.15, -0.1) is 24.8 Å². The van der Waals surface area contributed by atoms with Crippen LogP contribution in [0.3, 0.4) is 0 Å². The van der Waals surface area contributed by atoms with Crippen molar-refractivity contribution in [3.63, 3.8) is 0 Å². The molecule has 2 atom stereocenters. The molecule has 2 fully saturated rings. The lowest BCUT2D eigenvalue weighted by molar-refractivity contribution is -0.134. The van der Waals surface area contributed by atoms with Gasteiger partial charge in [0.25, 0.3) is 0 Å². The second-order valence-corrected chi connectivity index (χ2v) is 7.32. The molecule has 1 amide bonds. The summed E-state index contributed by atoms with van der Waals surface area (Å²) in [5.41, 5.74) is 0.928. The lowest BCUT2D eigenvalue weighted by atomic mass is 9.91. The Balaban J connectivity index is 0.00000169. The summed E-state index contributed by atoms with van der Waals surface area (Å²) in [5, 5.41) is 0. The second-order valence-electron chi connectivity index (χ2n) is 7.32. The van der Waals surface area contributed by atoms with E-state index in [1.165, 1.54) is 5.56 Å². The second kappa shape index (κ2) is 9.93. The fraction of sp³-hybridized carbons (Fsp3) is 0.650. The summed E-state index contributed by atoms with van der Waals surface area (Å²) in [6.07, 6.45) is 0.999. The maximum Gasteiger partial charge on any atom is 0.233 e. The number of nitrogens with zero attached hydrogens (tertiary/aromatic N) is 3. The fourth-order valence-corrected chi connectivity index (χ4v) is 4.16. The third kappa shape index (κ3) is 4.53. The van der Waals surface area contributed by atoms with Crippen LogP contribution in [0, 0.1) is 5.92 Å². The van der Waals surface area contributed by atoms with Crippen molar-refractivity contribution in [2.45, 2.75) is 25.7 Å². The van der Waals surface area contributed by atoms with Crippen LogP contribution < -0.4 is 0 Å². The monoisotopic (exact) mass is 401 g/mol. The van der Waals surface area contributed by atoms with E-state index in [4.69, 9.17) is 0 Å². The molecule has 2 aliphatic rings. The Morgan fingerprint density at radius 1 is 1.08 bits per heavy atom. The van der Waals surface area contributed by atoms with E-state index < -0.39 is 0 Å². The summed E-state index contributed by atoms with van der Waals surface area (Å²) >= 11 is 0. The van der Waals surface area contributed by atoms with Crippen molar-refractivity contribution in [2.75, 3.05) is 52.9 Å². The van der Waals surface area contributed by atoms with Crippen LogP contribution >= 0.6 is 24.8 Å². The van der Waals surface area contributed by atoms with Gasteiger partial charge in [-0.1, -0.05) is 30.3 Å². The highest BCUT2D eigenvalue weighted by Crippen LogP contribution is 2.55. The van der Waals surface area contributed by atoms with Crippen LogP contribution in [0.1, 0.15) is 25.8 Å². The average Bonchev–Trinajstić information content (AvgIpc) is 3.34. The molecule has 0 bridgehead atoms. The molecule has 26 heavy (non-hydrogen) atoms. The van der Waals surface area contributed by atoms with Gasteiger partial charge in [0.15, 0.2) is 0 Å². The number of likely N-dealkylation sites (N-methyl/N-ethyl adjacent to an activating group) is 2. The van der Waals surface area contributed by atoms with Gasteiger partial charge >= 0.3 is 0 Å². The summed E-state index contributed by atoms with van der Waals surface area (Å²) in [6.45, 7) is 11.3. The highest BCUT2D eigenvalue weighted by Gasteiger charge is 2.61. The van der Waals surface area contributed by atoms with Crippen LogP contribution in [0.15, 0.2) is 30.3 Å². The van der Waals surface area contributed by atoms with E-state index in [0.717, 1.165) is 52.2 Å². The van der Waals surface area contributed by atoms with E-state index in [9.17, 15) is 4.79 Å². The molecule has 1 aromatic carbocycles. The Bertz CT molecular complexity index is 559. The SMILES string of the molecule is CCN(CC)C(=O)C1(c2ccccc2)CC1CN1CCN(C)CC1.Cl.Cl. The quantitative estimate of drug-likeness (QED) is 0.732. The third-order valence-corrected chi connectivity index (χ3v) is 5.90. The van der Waals surface area contributed by atoms with Crippen LogP contribution in [0.4, 0.5) is 0 Å². The number of hydrogen-bond acceptors (Lipinski definition) is 3. The molecule has 0 aromatic heterocycles. The van der Waals surface area contributed by atoms with Crippen LogP contribution in [0.25, 0.3) is 0 Å². The lowest BCUT2D eigenvalue weighted by Gasteiger charge is -2.33. The van der Waals surface area contributed by atoms with Crippen molar-refractivity contribution in [3.8, 4) is 0 Å². The van der Waals surface area contributed by atoms with Crippen molar-refractivity contribution in [1.29, 1.82) is 0 Å². The highest BCUT2D eigenvalue weighted by molar-refractivity contribution is 5.92. The topological polar surface area (TPSA) is 26.8 Å². The largest absolute Gasteiger partial charge is 0.342 e. The third-order valence-electron chi connectivity index (χ3n) is 5.90.